The Morgan fingerprint density at radius 3 is 2.72 bits per heavy atom. The molecule has 0 spiro atoms. The quantitative estimate of drug-likeness (QED) is 0.815. The molecular formula is C14H17NO3. The van der Waals surface area contributed by atoms with Crippen LogP contribution < -0.4 is 9.47 Å². The van der Waals surface area contributed by atoms with Crippen molar-refractivity contribution in [2.75, 3.05) is 19.9 Å². The van der Waals surface area contributed by atoms with E-state index >= 15 is 0 Å². The third-order valence-electron chi connectivity index (χ3n) is 3.57. The summed E-state index contributed by atoms with van der Waals surface area (Å²) in [6.07, 6.45) is 1.66. The number of carbonyl (C=O) groups is 1. The zero-order chi connectivity index (χ0) is 12.5. The first-order valence-electron chi connectivity index (χ1n) is 6.35. The molecule has 4 nitrogen and oxygen atoms in total. The lowest BCUT2D eigenvalue weighted by Gasteiger charge is -2.28. The van der Waals surface area contributed by atoms with E-state index < -0.39 is 0 Å². The van der Waals surface area contributed by atoms with Crippen molar-refractivity contribution >= 4 is 5.78 Å². The molecule has 0 aliphatic carbocycles. The molecule has 0 atom stereocenters. The van der Waals surface area contributed by atoms with Crippen LogP contribution in [0, 0.1) is 0 Å². The predicted molar refractivity (Wildman–Crippen MR) is 66.8 cm³/mol. The molecule has 0 saturated carbocycles. The summed E-state index contributed by atoms with van der Waals surface area (Å²) in [5.41, 5.74) is 2.65. The highest BCUT2D eigenvalue weighted by atomic mass is 16.7. The van der Waals surface area contributed by atoms with Crippen molar-refractivity contribution < 1.29 is 14.3 Å². The van der Waals surface area contributed by atoms with Crippen LogP contribution >= 0.6 is 0 Å². The highest BCUT2D eigenvalue weighted by Crippen LogP contribution is 2.36. The summed E-state index contributed by atoms with van der Waals surface area (Å²) in [7, 11) is 0. The van der Waals surface area contributed by atoms with Crippen molar-refractivity contribution in [1.82, 2.24) is 4.90 Å². The van der Waals surface area contributed by atoms with E-state index in [-0.39, 0.29) is 5.78 Å². The SMILES string of the molecule is CC(=O)CCN1CCc2cc3c(cc2C1)OCO3. The van der Waals surface area contributed by atoms with Gasteiger partial charge < -0.3 is 9.47 Å². The van der Waals surface area contributed by atoms with E-state index in [0.29, 0.717) is 13.2 Å². The molecule has 0 N–H and O–H groups in total. The van der Waals surface area contributed by atoms with E-state index in [1.807, 2.05) is 0 Å². The van der Waals surface area contributed by atoms with Gasteiger partial charge in [-0.3, -0.25) is 9.69 Å². The van der Waals surface area contributed by atoms with Gasteiger partial charge in [0.2, 0.25) is 6.79 Å². The van der Waals surface area contributed by atoms with Gasteiger partial charge in [0.1, 0.15) is 5.78 Å². The molecular weight excluding hydrogens is 230 g/mol. The molecule has 2 aliphatic heterocycles. The maximum Gasteiger partial charge on any atom is 0.231 e. The fraction of sp³-hybridized carbons (Fsp3) is 0.500. The van der Waals surface area contributed by atoms with Crippen LogP contribution in [0.4, 0.5) is 0 Å². The number of carbonyl (C=O) groups excluding carboxylic acids is 1. The minimum atomic E-state index is 0.256. The Kier molecular flexibility index (Phi) is 2.96. The third-order valence-corrected chi connectivity index (χ3v) is 3.57. The van der Waals surface area contributed by atoms with Crippen LogP contribution in [0.5, 0.6) is 11.5 Å². The van der Waals surface area contributed by atoms with Crippen molar-refractivity contribution in [2.45, 2.75) is 26.3 Å². The van der Waals surface area contributed by atoms with Crippen LogP contribution in [0.1, 0.15) is 24.5 Å². The summed E-state index contributed by atoms with van der Waals surface area (Å²) in [4.78, 5) is 13.3. The molecule has 0 fully saturated rings. The van der Waals surface area contributed by atoms with Gasteiger partial charge in [0.05, 0.1) is 0 Å². The minimum absolute atomic E-state index is 0.256. The van der Waals surface area contributed by atoms with E-state index in [4.69, 9.17) is 9.47 Å². The molecule has 1 aromatic rings. The summed E-state index contributed by atoms with van der Waals surface area (Å²) < 4.78 is 10.8. The molecule has 3 rings (SSSR count). The van der Waals surface area contributed by atoms with Crippen LogP contribution in [0.25, 0.3) is 0 Å². The fourth-order valence-electron chi connectivity index (χ4n) is 2.51. The van der Waals surface area contributed by atoms with Crippen LogP contribution in [-0.2, 0) is 17.8 Å². The zero-order valence-corrected chi connectivity index (χ0v) is 10.6. The number of nitrogens with zero attached hydrogens (tertiary/aromatic N) is 1. The van der Waals surface area contributed by atoms with Crippen LogP contribution in [0.3, 0.4) is 0 Å². The second-order valence-corrected chi connectivity index (χ2v) is 4.95. The molecule has 1 aromatic carbocycles. The number of hydrogen-bond acceptors (Lipinski definition) is 4. The van der Waals surface area contributed by atoms with E-state index in [9.17, 15) is 4.79 Å². The van der Waals surface area contributed by atoms with Crippen molar-refractivity contribution in [3.63, 3.8) is 0 Å². The van der Waals surface area contributed by atoms with Gasteiger partial charge in [0.15, 0.2) is 11.5 Å². The van der Waals surface area contributed by atoms with Crippen molar-refractivity contribution in [2.24, 2.45) is 0 Å². The fourth-order valence-corrected chi connectivity index (χ4v) is 2.51. The number of Topliss-reactive ketones (excluding diaryl/α,β-unsaturated/α-hetero) is 1. The maximum absolute atomic E-state index is 11.0. The first-order chi connectivity index (χ1) is 8.72. The van der Waals surface area contributed by atoms with E-state index in [1.54, 1.807) is 6.92 Å². The van der Waals surface area contributed by atoms with Gasteiger partial charge in [-0.2, -0.15) is 0 Å². The summed E-state index contributed by atoms with van der Waals surface area (Å²) in [6.45, 7) is 4.74. The van der Waals surface area contributed by atoms with Crippen molar-refractivity contribution in [3.05, 3.63) is 23.3 Å². The first kappa shape index (κ1) is 11.5. The minimum Gasteiger partial charge on any atom is -0.454 e. The van der Waals surface area contributed by atoms with Gasteiger partial charge in [-0.25, -0.2) is 0 Å². The Balaban J connectivity index is 1.74. The molecule has 0 radical (unpaired) electrons. The molecule has 4 heteroatoms. The van der Waals surface area contributed by atoms with E-state index in [2.05, 4.69) is 17.0 Å². The maximum atomic E-state index is 11.0. The smallest absolute Gasteiger partial charge is 0.231 e. The highest BCUT2D eigenvalue weighted by molar-refractivity contribution is 5.75. The van der Waals surface area contributed by atoms with Crippen LogP contribution in [-0.4, -0.2) is 30.6 Å². The highest BCUT2D eigenvalue weighted by Gasteiger charge is 2.22. The third kappa shape index (κ3) is 2.20. The van der Waals surface area contributed by atoms with Gasteiger partial charge in [-0.1, -0.05) is 0 Å². The Bertz CT molecular complexity index is 484. The second kappa shape index (κ2) is 4.61. The molecule has 96 valence electrons. The van der Waals surface area contributed by atoms with Gasteiger partial charge in [0, 0.05) is 26.1 Å². The molecule has 0 amide bonds. The Hall–Kier alpha value is -1.55. The summed E-state index contributed by atoms with van der Waals surface area (Å²) in [5.74, 6) is 1.97. The molecule has 2 aliphatic rings. The number of rotatable bonds is 3. The normalized spacial score (nSPS) is 17.6. The molecule has 0 saturated heterocycles. The average Bonchev–Trinajstić information content (AvgIpc) is 2.80. The Labute approximate surface area is 106 Å². The molecule has 2 heterocycles. The van der Waals surface area contributed by atoms with Crippen molar-refractivity contribution in [3.8, 4) is 11.5 Å². The Morgan fingerprint density at radius 2 is 2.00 bits per heavy atom. The van der Waals surface area contributed by atoms with Gasteiger partial charge in [-0.05, 0) is 36.6 Å². The molecule has 0 bridgehead atoms. The topological polar surface area (TPSA) is 38.8 Å². The van der Waals surface area contributed by atoms with E-state index in [1.165, 1.54) is 11.1 Å². The number of ether oxygens (including phenoxy) is 2. The first-order valence-corrected chi connectivity index (χ1v) is 6.35. The van der Waals surface area contributed by atoms with Crippen molar-refractivity contribution in [1.29, 1.82) is 0 Å². The standard InChI is InChI=1S/C14H17NO3/c1-10(16)2-4-15-5-3-11-6-13-14(18-9-17-13)7-12(11)8-15/h6-7H,2-5,8-9H2,1H3. The lowest BCUT2D eigenvalue weighted by atomic mass is 9.98. The largest absolute Gasteiger partial charge is 0.454 e. The van der Waals surface area contributed by atoms with Gasteiger partial charge >= 0.3 is 0 Å². The predicted octanol–water partition coefficient (Wildman–Crippen LogP) is 1.75. The van der Waals surface area contributed by atoms with Crippen LogP contribution in [0.2, 0.25) is 0 Å². The zero-order valence-electron chi connectivity index (χ0n) is 10.6. The molecule has 0 unspecified atom stereocenters. The summed E-state index contributed by atoms with van der Waals surface area (Å²) >= 11 is 0. The number of ketones is 1. The average molecular weight is 247 g/mol. The van der Waals surface area contributed by atoms with E-state index in [0.717, 1.165) is 37.6 Å². The monoisotopic (exact) mass is 247 g/mol. The second-order valence-electron chi connectivity index (χ2n) is 4.95. The lowest BCUT2D eigenvalue weighted by Crippen LogP contribution is -2.32. The van der Waals surface area contributed by atoms with Crippen LogP contribution in [0.15, 0.2) is 12.1 Å². The Morgan fingerprint density at radius 1 is 1.28 bits per heavy atom. The molecule has 0 aromatic heterocycles. The number of hydrogen-bond donors (Lipinski definition) is 0. The molecule has 18 heavy (non-hydrogen) atoms. The lowest BCUT2D eigenvalue weighted by molar-refractivity contribution is -0.117. The van der Waals surface area contributed by atoms with Gasteiger partial charge in [-0.15, -0.1) is 0 Å². The number of benzene rings is 1. The summed E-state index contributed by atoms with van der Waals surface area (Å²) in [6, 6.07) is 4.18. The van der Waals surface area contributed by atoms with Gasteiger partial charge in [0.25, 0.3) is 0 Å². The number of fused-ring (bicyclic) bond motifs is 2. The summed E-state index contributed by atoms with van der Waals surface area (Å²) in [5, 5.41) is 0.